The second-order valence-corrected chi connectivity index (χ2v) is 3.55. The Bertz CT molecular complexity index is 407. The summed E-state index contributed by atoms with van der Waals surface area (Å²) in [5.74, 6) is 1.76. The molecule has 17 heavy (non-hydrogen) atoms. The molecule has 0 saturated carbocycles. The molecule has 2 N–H and O–H groups in total. The van der Waals surface area contributed by atoms with Gasteiger partial charge < -0.3 is 15.4 Å². The van der Waals surface area contributed by atoms with Crippen molar-refractivity contribution in [2.24, 2.45) is 0 Å². The highest BCUT2D eigenvalue weighted by molar-refractivity contribution is 5.75. The number of hydrogen-bond acceptors (Lipinski definition) is 6. The maximum atomic E-state index is 11.0. The van der Waals surface area contributed by atoms with Crippen molar-refractivity contribution >= 4 is 17.6 Å². The standard InChI is InChI=1S/C11H18N4O2/c1-5-12-10-7(2)11(15-8(3)14-10)13-6-9(16)17-4/h5-6H2,1-4H3,(H2,12,13,14,15). The Morgan fingerprint density at radius 2 is 1.82 bits per heavy atom. The summed E-state index contributed by atoms with van der Waals surface area (Å²) in [6.45, 7) is 6.59. The van der Waals surface area contributed by atoms with Crippen molar-refractivity contribution in [3.63, 3.8) is 0 Å². The summed E-state index contributed by atoms with van der Waals surface area (Å²) >= 11 is 0. The molecule has 0 atom stereocenters. The fourth-order valence-corrected chi connectivity index (χ4v) is 1.37. The van der Waals surface area contributed by atoms with Gasteiger partial charge in [-0.15, -0.1) is 0 Å². The largest absolute Gasteiger partial charge is 0.468 e. The van der Waals surface area contributed by atoms with Gasteiger partial charge in [0.15, 0.2) is 0 Å². The van der Waals surface area contributed by atoms with Crippen molar-refractivity contribution in [1.29, 1.82) is 0 Å². The monoisotopic (exact) mass is 238 g/mol. The molecule has 94 valence electrons. The van der Waals surface area contributed by atoms with E-state index in [1.54, 1.807) is 0 Å². The summed E-state index contributed by atoms with van der Waals surface area (Å²) < 4.78 is 4.56. The van der Waals surface area contributed by atoms with Crippen LogP contribution < -0.4 is 10.6 Å². The number of methoxy groups -OCH3 is 1. The third-order valence-corrected chi connectivity index (χ3v) is 2.23. The minimum Gasteiger partial charge on any atom is -0.468 e. The minimum absolute atomic E-state index is 0.0966. The summed E-state index contributed by atoms with van der Waals surface area (Å²) in [5, 5.41) is 6.09. The third kappa shape index (κ3) is 3.58. The first kappa shape index (κ1) is 13.2. The Labute approximate surface area is 101 Å². The van der Waals surface area contributed by atoms with Crippen LogP contribution in [0.25, 0.3) is 0 Å². The number of aromatic nitrogens is 2. The van der Waals surface area contributed by atoms with Gasteiger partial charge in [-0.1, -0.05) is 0 Å². The van der Waals surface area contributed by atoms with Crippen molar-refractivity contribution in [1.82, 2.24) is 9.97 Å². The van der Waals surface area contributed by atoms with E-state index in [2.05, 4.69) is 25.3 Å². The van der Waals surface area contributed by atoms with Gasteiger partial charge in [-0.25, -0.2) is 9.97 Å². The van der Waals surface area contributed by atoms with Crippen molar-refractivity contribution in [3.8, 4) is 0 Å². The third-order valence-electron chi connectivity index (χ3n) is 2.23. The Kier molecular flexibility index (Phi) is 4.68. The van der Waals surface area contributed by atoms with E-state index in [9.17, 15) is 4.79 Å². The van der Waals surface area contributed by atoms with Crippen LogP contribution in [-0.2, 0) is 9.53 Å². The van der Waals surface area contributed by atoms with Crippen LogP contribution in [0.1, 0.15) is 18.3 Å². The lowest BCUT2D eigenvalue weighted by Gasteiger charge is -2.12. The number of carbonyl (C=O) groups is 1. The number of hydrogen-bond donors (Lipinski definition) is 2. The maximum absolute atomic E-state index is 11.0. The average molecular weight is 238 g/mol. The van der Waals surface area contributed by atoms with Crippen LogP contribution in [0.4, 0.5) is 11.6 Å². The number of nitrogens with one attached hydrogen (secondary N) is 2. The molecule has 1 aromatic rings. The van der Waals surface area contributed by atoms with Crippen LogP contribution in [-0.4, -0.2) is 36.1 Å². The molecular formula is C11H18N4O2. The van der Waals surface area contributed by atoms with Crippen LogP contribution in [0.5, 0.6) is 0 Å². The first-order chi connectivity index (χ1) is 8.08. The highest BCUT2D eigenvalue weighted by Gasteiger charge is 2.09. The van der Waals surface area contributed by atoms with Gasteiger partial charge in [0.1, 0.15) is 24.0 Å². The molecule has 0 bridgehead atoms. The number of rotatable bonds is 5. The second kappa shape index (κ2) is 6.03. The van der Waals surface area contributed by atoms with E-state index in [1.165, 1.54) is 7.11 Å². The number of nitrogens with zero attached hydrogens (tertiary/aromatic N) is 2. The molecule has 0 aliphatic carbocycles. The normalized spacial score (nSPS) is 9.88. The van der Waals surface area contributed by atoms with Gasteiger partial charge in [-0.05, 0) is 20.8 Å². The molecule has 1 heterocycles. The van der Waals surface area contributed by atoms with Crippen LogP contribution in [0.2, 0.25) is 0 Å². The first-order valence-corrected chi connectivity index (χ1v) is 5.48. The van der Waals surface area contributed by atoms with E-state index in [0.717, 1.165) is 17.9 Å². The molecule has 6 heteroatoms. The van der Waals surface area contributed by atoms with Gasteiger partial charge >= 0.3 is 5.97 Å². The minimum atomic E-state index is -0.328. The summed E-state index contributed by atoms with van der Waals surface area (Å²) in [4.78, 5) is 19.6. The molecule has 0 saturated heterocycles. The smallest absolute Gasteiger partial charge is 0.325 e. The average Bonchev–Trinajstić information content (AvgIpc) is 2.31. The molecule has 0 aromatic carbocycles. The predicted octanol–water partition coefficient (Wildman–Crippen LogP) is 1.11. The fourth-order valence-electron chi connectivity index (χ4n) is 1.37. The molecule has 0 unspecified atom stereocenters. The van der Waals surface area contributed by atoms with Crippen LogP contribution in [0.15, 0.2) is 0 Å². The molecule has 0 fully saturated rings. The van der Waals surface area contributed by atoms with E-state index < -0.39 is 0 Å². The fraction of sp³-hybridized carbons (Fsp3) is 0.545. The molecule has 1 aromatic heterocycles. The van der Waals surface area contributed by atoms with Crippen molar-refractivity contribution in [3.05, 3.63) is 11.4 Å². The van der Waals surface area contributed by atoms with Crippen LogP contribution in [0, 0.1) is 13.8 Å². The van der Waals surface area contributed by atoms with Crippen molar-refractivity contribution in [2.45, 2.75) is 20.8 Å². The van der Waals surface area contributed by atoms with E-state index in [1.807, 2.05) is 20.8 Å². The first-order valence-electron chi connectivity index (χ1n) is 5.48. The molecule has 0 radical (unpaired) electrons. The van der Waals surface area contributed by atoms with Crippen LogP contribution in [0.3, 0.4) is 0 Å². The topological polar surface area (TPSA) is 76.1 Å². The number of aryl methyl sites for hydroxylation is 1. The molecule has 0 spiro atoms. The Balaban J connectivity index is 2.87. The van der Waals surface area contributed by atoms with E-state index in [0.29, 0.717) is 11.6 Å². The number of anilines is 2. The number of esters is 1. The van der Waals surface area contributed by atoms with E-state index in [-0.39, 0.29) is 12.5 Å². The Morgan fingerprint density at radius 3 is 2.35 bits per heavy atom. The quantitative estimate of drug-likeness (QED) is 0.748. The highest BCUT2D eigenvalue weighted by Crippen LogP contribution is 2.19. The maximum Gasteiger partial charge on any atom is 0.325 e. The molecule has 0 amide bonds. The number of carbonyl (C=O) groups excluding carboxylic acids is 1. The SMILES string of the molecule is CCNc1nc(C)nc(NCC(=O)OC)c1C. The van der Waals surface area contributed by atoms with Crippen molar-refractivity contribution in [2.75, 3.05) is 30.8 Å². The molecule has 0 aliphatic heterocycles. The highest BCUT2D eigenvalue weighted by atomic mass is 16.5. The van der Waals surface area contributed by atoms with E-state index >= 15 is 0 Å². The summed E-state index contributed by atoms with van der Waals surface area (Å²) in [5.41, 5.74) is 0.890. The molecule has 1 rings (SSSR count). The zero-order valence-electron chi connectivity index (χ0n) is 10.6. The lowest BCUT2D eigenvalue weighted by molar-refractivity contribution is -0.138. The molecular weight excluding hydrogens is 220 g/mol. The van der Waals surface area contributed by atoms with Crippen LogP contribution >= 0.6 is 0 Å². The van der Waals surface area contributed by atoms with Crippen molar-refractivity contribution < 1.29 is 9.53 Å². The van der Waals surface area contributed by atoms with Gasteiger partial charge in [0.2, 0.25) is 0 Å². The predicted molar refractivity (Wildman–Crippen MR) is 66.2 cm³/mol. The second-order valence-electron chi connectivity index (χ2n) is 3.55. The lowest BCUT2D eigenvalue weighted by Crippen LogP contribution is -2.17. The van der Waals surface area contributed by atoms with Gasteiger partial charge in [0.25, 0.3) is 0 Å². The molecule has 0 aliphatic rings. The van der Waals surface area contributed by atoms with Gasteiger partial charge in [-0.3, -0.25) is 4.79 Å². The molecule has 6 nitrogen and oxygen atoms in total. The zero-order chi connectivity index (χ0) is 12.8. The lowest BCUT2D eigenvalue weighted by atomic mass is 10.3. The summed E-state index contributed by atoms with van der Waals surface area (Å²) in [7, 11) is 1.35. The van der Waals surface area contributed by atoms with Gasteiger partial charge in [-0.2, -0.15) is 0 Å². The van der Waals surface area contributed by atoms with E-state index in [4.69, 9.17) is 0 Å². The summed E-state index contributed by atoms with van der Waals surface area (Å²) in [6.07, 6.45) is 0. The Hall–Kier alpha value is -1.85. The zero-order valence-corrected chi connectivity index (χ0v) is 10.6. The summed E-state index contributed by atoms with van der Waals surface area (Å²) in [6, 6.07) is 0. The Morgan fingerprint density at radius 1 is 1.24 bits per heavy atom. The number of ether oxygens (including phenoxy) is 1. The van der Waals surface area contributed by atoms with Gasteiger partial charge in [0.05, 0.1) is 7.11 Å². The van der Waals surface area contributed by atoms with Gasteiger partial charge in [0, 0.05) is 12.1 Å².